The Labute approximate surface area is 173 Å². The Morgan fingerprint density at radius 1 is 1.14 bits per heavy atom. The molecule has 0 N–H and O–H groups in total. The van der Waals surface area contributed by atoms with Crippen LogP contribution in [0.2, 0.25) is 0 Å². The van der Waals surface area contributed by atoms with E-state index in [0.29, 0.717) is 31.0 Å². The molecule has 1 fully saturated rings. The van der Waals surface area contributed by atoms with Crippen LogP contribution in [0, 0.1) is 11.8 Å². The van der Waals surface area contributed by atoms with E-state index in [2.05, 4.69) is 35.9 Å². The normalized spacial score (nSPS) is 16.7. The zero-order valence-corrected chi connectivity index (χ0v) is 17.9. The van der Waals surface area contributed by atoms with Crippen molar-refractivity contribution in [2.45, 2.75) is 33.1 Å². The Kier molecular flexibility index (Phi) is 6.68. The molecule has 1 aromatic carbocycles. The first-order valence-corrected chi connectivity index (χ1v) is 10.4. The SMILES string of the molecule is CC(C)CC(=O)C1CCCN(C(=O)c2ccc(-c3ccc(N(C)C)cc3)nc2)C1. The first-order valence-electron chi connectivity index (χ1n) is 10.4. The number of benzene rings is 1. The van der Waals surface area contributed by atoms with Crippen LogP contribution in [0.4, 0.5) is 5.69 Å². The zero-order chi connectivity index (χ0) is 21.0. The third-order valence-electron chi connectivity index (χ3n) is 5.46. The quantitative estimate of drug-likeness (QED) is 0.735. The second-order valence-corrected chi connectivity index (χ2v) is 8.53. The lowest BCUT2D eigenvalue weighted by atomic mass is 9.89. The highest BCUT2D eigenvalue weighted by Crippen LogP contribution is 2.24. The number of Topliss-reactive ketones (excluding diaryl/α,β-unsaturated/α-hetero) is 1. The van der Waals surface area contributed by atoms with Gasteiger partial charge < -0.3 is 9.80 Å². The Balaban J connectivity index is 1.67. The number of aromatic nitrogens is 1. The summed E-state index contributed by atoms with van der Waals surface area (Å²) in [6.07, 6.45) is 4.01. The van der Waals surface area contributed by atoms with Crippen molar-refractivity contribution < 1.29 is 9.59 Å². The van der Waals surface area contributed by atoms with Gasteiger partial charge in [-0.05, 0) is 43.0 Å². The Morgan fingerprint density at radius 3 is 2.45 bits per heavy atom. The van der Waals surface area contributed by atoms with Gasteiger partial charge in [0.2, 0.25) is 0 Å². The molecule has 1 saturated heterocycles. The number of carbonyl (C=O) groups excluding carboxylic acids is 2. The lowest BCUT2D eigenvalue weighted by Crippen LogP contribution is -2.42. The molecule has 3 rings (SSSR count). The van der Waals surface area contributed by atoms with E-state index >= 15 is 0 Å². The molecule has 5 heteroatoms. The summed E-state index contributed by atoms with van der Waals surface area (Å²) in [5.41, 5.74) is 3.57. The molecule has 1 aliphatic heterocycles. The molecule has 0 spiro atoms. The molecule has 2 heterocycles. The maximum Gasteiger partial charge on any atom is 0.255 e. The van der Waals surface area contributed by atoms with Crippen LogP contribution in [0.5, 0.6) is 0 Å². The van der Waals surface area contributed by atoms with Crippen LogP contribution in [-0.2, 0) is 4.79 Å². The van der Waals surface area contributed by atoms with Crippen LogP contribution in [0.1, 0.15) is 43.5 Å². The molecule has 1 unspecified atom stereocenters. The van der Waals surface area contributed by atoms with Crippen molar-refractivity contribution in [2.24, 2.45) is 11.8 Å². The summed E-state index contributed by atoms with van der Waals surface area (Å²) in [5, 5.41) is 0. The van der Waals surface area contributed by atoms with E-state index < -0.39 is 0 Å². The first kappa shape index (κ1) is 21.0. The van der Waals surface area contributed by atoms with Gasteiger partial charge in [0, 0.05) is 57.0 Å². The molecular weight excluding hydrogens is 362 g/mol. The van der Waals surface area contributed by atoms with Gasteiger partial charge in [0.1, 0.15) is 5.78 Å². The number of hydrogen-bond acceptors (Lipinski definition) is 4. The zero-order valence-electron chi connectivity index (χ0n) is 17.9. The monoisotopic (exact) mass is 393 g/mol. The number of nitrogens with zero attached hydrogens (tertiary/aromatic N) is 3. The number of pyridine rings is 1. The fraction of sp³-hybridized carbons (Fsp3) is 0.458. The van der Waals surface area contributed by atoms with Crippen molar-refractivity contribution in [3.05, 3.63) is 48.2 Å². The maximum absolute atomic E-state index is 12.9. The van der Waals surface area contributed by atoms with Gasteiger partial charge in [0.25, 0.3) is 5.91 Å². The molecule has 0 aliphatic carbocycles. The number of anilines is 1. The predicted molar refractivity (Wildman–Crippen MR) is 117 cm³/mol. The number of rotatable bonds is 6. The van der Waals surface area contributed by atoms with E-state index in [0.717, 1.165) is 29.8 Å². The average Bonchev–Trinajstić information content (AvgIpc) is 2.73. The maximum atomic E-state index is 12.9. The predicted octanol–water partition coefficient (Wildman–Crippen LogP) is 4.28. The molecule has 0 bridgehead atoms. The van der Waals surface area contributed by atoms with E-state index in [1.54, 1.807) is 6.20 Å². The largest absolute Gasteiger partial charge is 0.378 e. The second-order valence-electron chi connectivity index (χ2n) is 8.53. The van der Waals surface area contributed by atoms with E-state index in [1.165, 1.54) is 0 Å². The van der Waals surface area contributed by atoms with Crippen molar-refractivity contribution in [1.82, 2.24) is 9.88 Å². The molecule has 1 amide bonds. The lowest BCUT2D eigenvalue weighted by Gasteiger charge is -2.32. The summed E-state index contributed by atoms with van der Waals surface area (Å²) < 4.78 is 0. The molecule has 2 aromatic rings. The number of ketones is 1. The van der Waals surface area contributed by atoms with E-state index in [9.17, 15) is 9.59 Å². The summed E-state index contributed by atoms with van der Waals surface area (Å²) >= 11 is 0. The van der Waals surface area contributed by atoms with Crippen LogP contribution >= 0.6 is 0 Å². The third kappa shape index (κ3) is 5.22. The van der Waals surface area contributed by atoms with Crippen molar-refractivity contribution >= 4 is 17.4 Å². The number of carbonyl (C=O) groups is 2. The van der Waals surface area contributed by atoms with Gasteiger partial charge in [-0.3, -0.25) is 14.6 Å². The van der Waals surface area contributed by atoms with Crippen molar-refractivity contribution in [3.8, 4) is 11.3 Å². The van der Waals surface area contributed by atoms with Crippen molar-refractivity contribution in [2.75, 3.05) is 32.1 Å². The van der Waals surface area contributed by atoms with Gasteiger partial charge >= 0.3 is 0 Å². The summed E-state index contributed by atoms with van der Waals surface area (Å²) in [6, 6.07) is 11.9. The minimum Gasteiger partial charge on any atom is -0.378 e. The molecule has 5 nitrogen and oxygen atoms in total. The number of amides is 1. The molecule has 154 valence electrons. The molecule has 1 atom stereocenters. The van der Waals surface area contributed by atoms with Crippen molar-refractivity contribution in [1.29, 1.82) is 0 Å². The molecular formula is C24H31N3O2. The van der Waals surface area contributed by atoms with E-state index in [4.69, 9.17) is 0 Å². The van der Waals surface area contributed by atoms with E-state index in [1.807, 2.05) is 43.3 Å². The first-order chi connectivity index (χ1) is 13.8. The van der Waals surface area contributed by atoms with Gasteiger partial charge in [0.15, 0.2) is 0 Å². The van der Waals surface area contributed by atoms with Crippen LogP contribution < -0.4 is 4.90 Å². The number of piperidine rings is 1. The highest BCUT2D eigenvalue weighted by molar-refractivity contribution is 5.94. The van der Waals surface area contributed by atoms with E-state index in [-0.39, 0.29) is 17.6 Å². The van der Waals surface area contributed by atoms with Gasteiger partial charge in [-0.15, -0.1) is 0 Å². The standard InChI is InChI=1S/C24H31N3O2/c1-17(2)14-23(28)20-6-5-13-27(16-20)24(29)19-9-12-22(25-15-19)18-7-10-21(11-8-18)26(3)4/h7-12,15,17,20H,5-6,13-14,16H2,1-4H3. The fourth-order valence-electron chi connectivity index (χ4n) is 3.80. The summed E-state index contributed by atoms with van der Waals surface area (Å²) in [7, 11) is 4.02. The highest BCUT2D eigenvalue weighted by atomic mass is 16.2. The summed E-state index contributed by atoms with van der Waals surface area (Å²) in [4.78, 5) is 33.7. The number of hydrogen-bond donors (Lipinski definition) is 0. The third-order valence-corrected chi connectivity index (χ3v) is 5.46. The van der Waals surface area contributed by atoms with Crippen molar-refractivity contribution in [3.63, 3.8) is 0 Å². The van der Waals surface area contributed by atoms with Crippen LogP contribution in [0.15, 0.2) is 42.6 Å². The molecule has 29 heavy (non-hydrogen) atoms. The average molecular weight is 394 g/mol. The Morgan fingerprint density at radius 2 is 1.86 bits per heavy atom. The summed E-state index contributed by atoms with van der Waals surface area (Å²) in [6.45, 7) is 5.35. The molecule has 1 aromatic heterocycles. The smallest absolute Gasteiger partial charge is 0.255 e. The second kappa shape index (κ2) is 9.21. The molecule has 1 aliphatic rings. The Bertz CT molecular complexity index is 841. The lowest BCUT2D eigenvalue weighted by molar-refractivity contribution is -0.124. The highest BCUT2D eigenvalue weighted by Gasteiger charge is 2.29. The minimum absolute atomic E-state index is 0.0301. The van der Waals surface area contributed by atoms with Crippen LogP contribution in [0.3, 0.4) is 0 Å². The number of likely N-dealkylation sites (tertiary alicyclic amines) is 1. The van der Waals surface area contributed by atoms with Crippen LogP contribution in [-0.4, -0.2) is 48.8 Å². The van der Waals surface area contributed by atoms with Gasteiger partial charge in [-0.1, -0.05) is 26.0 Å². The fourth-order valence-corrected chi connectivity index (χ4v) is 3.80. The van der Waals surface area contributed by atoms with Crippen LogP contribution in [0.25, 0.3) is 11.3 Å². The van der Waals surface area contributed by atoms with Gasteiger partial charge in [-0.25, -0.2) is 0 Å². The topological polar surface area (TPSA) is 53.5 Å². The van der Waals surface area contributed by atoms with Gasteiger partial charge in [-0.2, -0.15) is 0 Å². The van der Waals surface area contributed by atoms with Gasteiger partial charge in [0.05, 0.1) is 11.3 Å². The summed E-state index contributed by atoms with van der Waals surface area (Å²) in [5.74, 6) is 0.579. The molecule has 0 radical (unpaired) electrons. The molecule has 0 saturated carbocycles. The minimum atomic E-state index is -0.0333. The Hall–Kier alpha value is -2.69.